The van der Waals surface area contributed by atoms with Gasteiger partial charge in [0.1, 0.15) is 0 Å². The Morgan fingerprint density at radius 2 is 1.93 bits per heavy atom. The van der Waals surface area contributed by atoms with Gasteiger partial charge in [0.05, 0.1) is 12.7 Å². The van der Waals surface area contributed by atoms with Crippen molar-refractivity contribution in [3.05, 3.63) is 70.4 Å². The molecule has 140 valence electrons. The number of aryl methyl sites for hydroxylation is 1. The van der Waals surface area contributed by atoms with Gasteiger partial charge in [-0.2, -0.15) is 0 Å². The van der Waals surface area contributed by atoms with E-state index in [4.69, 9.17) is 21.4 Å². The van der Waals surface area contributed by atoms with Gasteiger partial charge < -0.3 is 14.4 Å². The lowest BCUT2D eigenvalue weighted by Crippen LogP contribution is -2.07. The van der Waals surface area contributed by atoms with E-state index in [1.165, 1.54) is 7.11 Å². The molecule has 5 nitrogen and oxygen atoms in total. The standard InChI is InChI=1S/C21H20ClNO4/c1-27-21(26)15-10-9-14-11-17(6-4-8-20(24)25)23(19(14)12-15)13-16-5-2-3-7-18(16)22/h2-3,5,7,9-12H,4,6,8,13H2,1H3,(H,24,25). The predicted molar refractivity (Wildman–Crippen MR) is 104 cm³/mol. The largest absolute Gasteiger partial charge is 0.481 e. The number of fused-ring (bicyclic) bond motifs is 1. The number of carboxylic acid groups (broad SMARTS) is 1. The first-order valence-corrected chi connectivity index (χ1v) is 9.03. The van der Waals surface area contributed by atoms with Gasteiger partial charge in [0.2, 0.25) is 0 Å². The summed E-state index contributed by atoms with van der Waals surface area (Å²) in [6.07, 6.45) is 1.28. The van der Waals surface area contributed by atoms with Crippen LogP contribution in [0.5, 0.6) is 0 Å². The number of hydrogen-bond acceptors (Lipinski definition) is 3. The fourth-order valence-corrected chi connectivity index (χ4v) is 3.36. The van der Waals surface area contributed by atoms with Crippen LogP contribution in [0.4, 0.5) is 0 Å². The van der Waals surface area contributed by atoms with Crippen LogP contribution in [0.15, 0.2) is 48.5 Å². The summed E-state index contributed by atoms with van der Waals surface area (Å²) < 4.78 is 6.91. The highest BCUT2D eigenvalue weighted by Gasteiger charge is 2.14. The highest BCUT2D eigenvalue weighted by atomic mass is 35.5. The summed E-state index contributed by atoms with van der Waals surface area (Å²) in [4.78, 5) is 22.8. The van der Waals surface area contributed by atoms with E-state index in [1.54, 1.807) is 12.1 Å². The smallest absolute Gasteiger partial charge is 0.337 e. The number of aliphatic carboxylic acids is 1. The van der Waals surface area contributed by atoms with Gasteiger partial charge in [-0.05, 0) is 48.1 Å². The van der Waals surface area contributed by atoms with Crippen molar-refractivity contribution in [2.24, 2.45) is 0 Å². The van der Waals surface area contributed by atoms with E-state index in [2.05, 4.69) is 4.57 Å². The number of halogens is 1. The lowest BCUT2D eigenvalue weighted by atomic mass is 10.1. The third-order valence-corrected chi connectivity index (χ3v) is 4.89. The SMILES string of the molecule is COC(=O)c1ccc2cc(CCCC(=O)O)n(Cc3ccccc3Cl)c2c1. The molecule has 1 N–H and O–H groups in total. The lowest BCUT2D eigenvalue weighted by Gasteiger charge is -2.12. The third kappa shape index (κ3) is 4.31. The summed E-state index contributed by atoms with van der Waals surface area (Å²) in [6, 6.07) is 15.1. The molecule has 0 amide bonds. The summed E-state index contributed by atoms with van der Waals surface area (Å²) in [6.45, 7) is 0.538. The van der Waals surface area contributed by atoms with E-state index < -0.39 is 11.9 Å². The Balaban J connectivity index is 2.05. The fraction of sp³-hybridized carbons (Fsp3) is 0.238. The number of carboxylic acids is 1. The number of nitrogens with zero attached hydrogens (tertiary/aromatic N) is 1. The van der Waals surface area contributed by atoms with Gasteiger partial charge in [0.25, 0.3) is 0 Å². The third-order valence-electron chi connectivity index (χ3n) is 4.52. The summed E-state index contributed by atoms with van der Waals surface area (Å²) in [5.41, 5.74) is 3.33. The van der Waals surface area contributed by atoms with Crippen LogP contribution in [0.1, 0.15) is 34.5 Å². The van der Waals surface area contributed by atoms with E-state index >= 15 is 0 Å². The summed E-state index contributed by atoms with van der Waals surface area (Å²) in [5.74, 6) is -1.20. The average Bonchev–Trinajstić information content (AvgIpc) is 2.99. The van der Waals surface area contributed by atoms with Gasteiger partial charge in [-0.15, -0.1) is 0 Å². The van der Waals surface area contributed by atoms with E-state index in [1.807, 2.05) is 36.4 Å². The second-order valence-electron chi connectivity index (χ2n) is 6.33. The normalized spacial score (nSPS) is 10.9. The molecule has 0 fully saturated rings. The van der Waals surface area contributed by atoms with Gasteiger partial charge in [-0.25, -0.2) is 4.79 Å². The molecule has 1 aromatic heterocycles. The molecule has 0 saturated carbocycles. The van der Waals surface area contributed by atoms with E-state index in [0.29, 0.717) is 30.0 Å². The number of hydrogen-bond donors (Lipinski definition) is 1. The van der Waals surface area contributed by atoms with Gasteiger partial charge in [0.15, 0.2) is 0 Å². The molecule has 0 spiro atoms. The van der Waals surface area contributed by atoms with Gasteiger partial charge in [-0.3, -0.25) is 4.79 Å². The average molecular weight is 386 g/mol. The Labute approximate surface area is 162 Å². The molecule has 0 aliphatic carbocycles. The number of carbonyl (C=O) groups is 2. The Hall–Kier alpha value is -2.79. The number of methoxy groups -OCH3 is 1. The van der Waals surface area contributed by atoms with Crippen molar-refractivity contribution in [3.63, 3.8) is 0 Å². The highest BCUT2D eigenvalue weighted by molar-refractivity contribution is 6.31. The van der Waals surface area contributed by atoms with Crippen molar-refractivity contribution in [1.82, 2.24) is 4.57 Å². The maximum absolute atomic E-state index is 11.9. The quantitative estimate of drug-likeness (QED) is 0.606. The summed E-state index contributed by atoms with van der Waals surface area (Å²) in [7, 11) is 1.35. The van der Waals surface area contributed by atoms with Crippen LogP contribution in [-0.2, 0) is 22.5 Å². The number of rotatable bonds is 7. The molecule has 0 aliphatic rings. The van der Waals surface area contributed by atoms with Gasteiger partial charge in [0, 0.05) is 29.2 Å². The predicted octanol–water partition coefficient (Wildman–Crippen LogP) is 4.54. The topological polar surface area (TPSA) is 68.5 Å². The molecule has 27 heavy (non-hydrogen) atoms. The number of benzene rings is 2. The first-order valence-electron chi connectivity index (χ1n) is 8.65. The number of esters is 1. The lowest BCUT2D eigenvalue weighted by molar-refractivity contribution is -0.137. The summed E-state index contributed by atoms with van der Waals surface area (Å²) >= 11 is 6.33. The van der Waals surface area contributed by atoms with Crippen molar-refractivity contribution < 1.29 is 19.4 Å². The molecule has 6 heteroatoms. The summed E-state index contributed by atoms with van der Waals surface area (Å²) in [5, 5.41) is 10.6. The monoisotopic (exact) mass is 385 g/mol. The zero-order valence-electron chi connectivity index (χ0n) is 14.9. The molecule has 3 rings (SSSR count). The molecule has 0 radical (unpaired) electrons. The molecular weight excluding hydrogens is 366 g/mol. The van der Waals surface area contributed by atoms with Crippen LogP contribution in [0, 0.1) is 0 Å². The maximum atomic E-state index is 11.9. The van der Waals surface area contributed by atoms with Crippen LogP contribution in [0.2, 0.25) is 5.02 Å². The van der Waals surface area contributed by atoms with Crippen LogP contribution < -0.4 is 0 Å². The molecule has 0 bridgehead atoms. The van der Waals surface area contributed by atoms with E-state index in [-0.39, 0.29) is 6.42 Å². The molecule has 0 aliphatic heterocycles. The fourth-order valence-electron chi connectivity index (χ4n) is 3.17. The van der Waals surface area contributed by atoms with E-state index in [9.17, 15) is 9.59 Å². The molecule has 3 aromatic rings. The second kappa shape index (κ2) is 8.27. The molecule has 2 aromatic carbocycles. The molecule has 0 unspecified atom stereocenters. The Morgan fingerprint density at radius 1 is 1.15 bits per heavy atom. The highest BCUT2D eigenvalue weighted by Crippen LogP contribution is 2.26. The van der Waals surface area contributed by atoms with Crippen molar-refractivity contribution in [3.8, 4) is 0 Å². The van der Waals surface area contributed by atoms with Crippen molar-refractivity contribution >= 4 is 34.4 Å². The van der Waals surface area contributed by atoms with Crippen molar-refractivity contribution in [2.45, 2.75) is 25.8 Å². The Kier molecular flexibility index (Phi) is 5.81. The van der Waals surface area contributed by atoms with Crippen LogP contribution in [0.3, 0.4) is 0 Å². The van der Waals surface area contributed by atoms with E-state index in [0.717, 1.165) is 22.2 Å². The maximum Gasteiger partial charge on any atom is 0.337 e. The molecular formula is C21H20ClNO4. The second-order valence-corrected chi connectivity index (χ2v) is 6.73. The van der Waals surface area contributed by atoms with Crippen LogP contribution in [0.25, 0.3) is 10.9 Å². The van der Waals surface area contributed by atoms with Gasteiger partial charge >= 0.3 is 11.9 Å². The first kappa shape index (κ1) is 19.0. The number of ether oxygens (including phenoxy) is 1. The molecule has 0 saturated heterocycles. The van der Waals surface area contributed by atoms with Crippen LogP contribution in [-0.4, -0.2) is 28.7 Å². The molecule has 0 atom stereocenters. The minimum absolute atomic E-state index is 0.112. The van der Waals surface area contributed by atoms with Crippen molar-refractivity contribution in [2.75, 3.05) is 7.11 Å². The number of aromatic nitrogens is 1. The minimum atomic E-state index is -0.809. The van der Waals surface area contributed by atoms with Gasteiger partial charge in [-0.1, -0.05) is 35.9 Å². The van der Waals surface area contributed by atoms with Crippen molar-refractivity contribution in [1.29, 1.82) is 0 Å². The molecule has 1 heterocycles. The zero-order valence-corrected chi connectivity index (χ0v) is 15.7. The Bertz CT molecular complexity index is 993. The number of carbonyl (C=O) groups excluding carboxylic acids is 1. The first-order chi connectivity index (χ1) is 13.0. The minimum Gasteiger partial charge on any atom is -0.481 e. The van der Waals surface area contributed by atoms with Crippen LogP contribution >= 0.6 is 11.6 Å². The Morgan fingerprint density at radius 3 is 2.63 bits per heavy atom. The zero-order chi connectivity index (χ0) is 19.4.